The summed E-state index contributed by atoms with van der Waals surface area (Å²) in [6, 6.07) is 10.2. The highest BCUT2D eigenvalue weighted by atomic mass is 16.5. The zero-order valence-electron chi connectivity index (χ0n) is 19.3. The van der Waals surface area contributed by atoms with Crippen molar-refractivity contribution in [3.63, 3.8) is 0 Å². The zero-order chi connectivity index (χ0) is 22.0. The van der Waals surface area contributed by atoms with E-state index in [4.69, 9.17) is 4.74 Å². The smallest absolute Gasteiger partial charge is 0.268 e. The number of aromatic nitrogens is 2. The molecule has 0 bridgehead atoms. The molecule has 7 heteroatoms. The molecular weight excluding hydrogens is 390 g/mol. The van der Waals surface area contributed by atoms with E-state index in [1.807, 2.05) is 47.8 Å². The van der Waals surface area contributed by atoms with Crippen LogP contribution >= 0.6 is 0 Å². The van der Waals surface area contributed by atoms with Crippen LogP contribution in [0, 0.1) is 13.8 Å². The summed E-state index contributed by atoms with van der Waals surface area (Å²) in [5.74, 6) is 0.901. The fourth-order valence-electron chi connectivity index (χ4n) is 4.71. The average Bonchev–Trinajstić information content (AvgIpc) is 3.06. The normalized spacial score (nSPS) is 23.2. The molecule has 1 aromatic heterocycles. The van der Waals surface area contributed by atoms with Crippen molar-refractivity contribution in [1.82, 2.24) is 24.5 Å². The fourth-order valence-corrected chi connectivity index (χ4v) is 4.71. The molecular formula is C24H35N5O2. The number of ether oxygens (including phenoxy) is 1. The summed E-state index contributed by atoms with van der Waals surface area (Å²) in [5.41, 5.74) is 2.52. The minimum atomic E-state index is -0.850. The number of nitrogens with zero attached hydrogens (tertiary/aromatic N) is 5. The zero-order valence-corrected chi connectivity index (χ0v) is 19.3. The second-order valence-corrected chi connectivity index (χ2v) is 9.22. The van der Waals surface area contributed by atoms with Crippen molar-refractivity contribution in [3.05, 3.63) is 47.3 Å². The molecule has 2 aromatic rings. The third-order valence-corrected chi connectivity index (χ3v) is 6.53. The van der Waals surface area contributed by atoms with Gasteiger partial charge in [0, 0.05) is 46.3 Å². The van der Waals surface area contributed by atoms with E-state index in [1.54, 1.807) is 0 Å². The molecule has 1 unspecified atom stereocenters. The van der Waals surface area contributed by atoms with Crippen molar-refractivity contribution in [2.24, 2.45) is 7.05 Å². The molecule has 1 atom stereocenters. The van der Waals surface area contributed by atoms with Crippen LogP contribution in [0.1, 0.15) is 29.8 Å². The third-order valence-electron chi connectivity index (χ3n) is 6.53. The van der Waals surface area contributed by atoms with Gasteiger partial charge in [-0.25, -0.2) is 0 Å². The van der Waals surface area contributed by atoms with Gasteiger partial charge >= 0.3 is 0 Å². The summed E-state index contributed by atoms with van der Waals surface area (Å²) >= 11 is 0. The number of benzene rings is 1. The average molecular weight is 426 g/mol. The number of carbonyl (C=O) groups is 1. The number of carbonyl (C=O) groups excluding carboxylic acids is 1. The summed E-state index contributed by atoms with van der Waals surface area (Å²) < 4.78 is 8.51. The van der Waals surface area contributed by atoms with Crippen molar-refractivity contribution < 1.29 is 9.53 Å². The summed E-state index contributed by atoms with van der Waals surface area (Å²) in [6.07, 6.45) is 1.68. The van der Waals surface area contributed by atoms with Gasteiger partial charge in [-0.1, -0.05) is 17.7 Å². The van der Waals surface area contributed by atoms with Gasteiger partial charge in [-0.2, -0.15) is 5.10 Å². The van der Waals surface area contributed by atoms with E-state index in [0.29, 0.717) is 6.54 Å². The van der Waals surface area contributed by atoms with E-state index in [2.05, 4.69) is 34.9 Å². The molecule has 2 aliphatic heterocycles. The number of likely N-dealkylation sites (N-methyl/N-ethyl adjacent to an activating group) is 1. The molecule has 7 nitrogen and oxygen atoms in total. The molecule has 31 heavy (non-hydrogen) atoms. The third kappa shape index (κ3) is 4.93. The van der Waals surface area contributed by atoms with Crippen LogP contribution < -0.4 is 4.74 Å². The van der Waals surface area contributed by atoms with Gasteiger partial charge in [-0.3, -0.25) is 14.4 Å². The molecule has 2 saturated heterocycles. The van der Waals surface area contributed by atoms with E-state index >= 15 is 0 Å². The van der Waals surface area contributed by atoms with Crippen LogP contribution in [0.25, 0.3) is 0 Å². The van der Waals surface area contributed by atoms with Gasteiger partial charge in [0.05, 0.1) is 11.4 Å². The lowest BCUT2D eigenvalue weighted by atomic mass is 9.90. The van der Waals surface area contributed by atoms with Gasteiger partial charge in [-0.15, -0.1) is 0 Å². The molecule has 2 aliphatic rings. The van der Waals surface area contributed by atoms with Crippen LogP contribution in [0.4, 0.5) is 0 Å². The van der Waals surface area contributed by atoms with Crippen LogP contribution in [-0.4, -0.2) is 82.3 Å². The first-order valence-corrected chi connectivity index (χ1v) is 11.3. The largest absolute Gasteiger partial charge is 0.476 e. The Labute approximate surface area is 185 Å². The van der Waals surface area contributed by atoms with Crippen LogP contribution in [0.5, 0.6) is 5.75 Å². The lowest BCUT2D eigenvalue weighted by Gasteiger charge is -2.45. The van der Waals surface area contributed by atoms with Crippen molar-refractivity contribution in [2.75, 3.05) is 46.3 Å². The molecule has 0 N–H and O–H groups in total. The predicted octanol–water partition coefficient (Wildman–Crippen LogP) is 2.22. The van der Waals surface area contributed by atoms with Crippen LogP contribution in [-0.2, 0) is 18.4 Å². The van der Waals surface area contributed by atoms with Gasteiger partial charge < -0.3 is 14.5 Å². The fraction of sp³-hybridized carbons (Fsp3) is 0.583. The number of piperazine rings is 1. The molecule has 168 valence electrons. The lowest BCUT2D eigenvalue weighted by molar-refractivity contribution is -0.155. The number of piperidine rings is 1. The summed E-state index contributed by atoms with van der Waals surface area (Å²) in [4.78, 5) is 20.5. The molecule has 1 amide bonds. The van der Waals surface area contributed by atoms with E-state index < -0.39 is 5.60 Å². The standard InChI is InChI=1S/C24H35N5O2/c1-19-6-8-22(9-7-19)31-24(23(30)29-14-12-26(3)13-15-29)10-5-11-28(18-24)17-21-16-20(2)25-27(21)4/h6-9,16H,5,10-15,17-18H2,1-4H3. The minimum Gasteiger partial charge on any atom is -0.476 e. The first kappa shape index (κ1) is 21.8. The number of likely N-dealkylation sites (tertiary alicyclic amines) is 1. The Morgan fingerprint density at radius 3 is 2.42 bits per heavy atom. The molecule has 0 saturated carbocycles. The molecule has 4 rings (SSSR count). The van der Waals surface area contributed by atoms with Gasteiger partial charge in [0.25, 0.3) is 5.91 Å². The first-order chi connectivity index (χ1) is 14.8. The Morgan fingerprint density at radius 1 is 1.06 bits per heavy atom. The maximum absolute atomic E-state index is 13.9. The van der Waals surface area contributed by atoms with Crippen LogP contribution in [0.15, 0.2) is 30.3 Å². The van der Waals surface area contributed by atoms with Gasteiger partial charge in [-0.05, 0) is 58.5 Å². The van der Waals surface area contributed by atoms with Gasteiger partial charge in [0.2, 0.25) is 0 Å². The SMILES string of the molecule is Cc1ccc(OC2(C(=O)N3CCN(C)CC3)CCCN(Cc3cc(C)nn3C)C2)cc1. The van der Waals surface area contributed by atoms with Gasteiger partial charge in [0.1, 0.15) is 5.75 Å². The maximum Gasteiger partial charge on any atom is 0.268 e. The van der Waals surface area contributed by atoms with Crippen molar-refractivity contribution >= 4 is 5.91 Å². The van der Waals surface area contributed by atoms with E-state index in [1.165, 1.54) is 5.56 Å². The van der Waals surface area contributed by atoms with E-state index in [-0.39, 0.29) is 5.91 Å². The Hall–Kier alpha value is -2.38. The highest BCUT2D eigenvalue weighted by Crippen LogP contribution is 2.31. The predicted molar refractivity (Wildman–Crippen MR) is 121 cm³/mol. The quantitative estimate of drug-likeness (QED) is 0.735. The number of hydrogen-bond acceptors (Lipinski definition) is 5. The Balaban J connectivity index is 1.58. The minimum absolute atomic E-state index is 0.132. The molecule has 1 aromatic carbocycles. The maximum atomic E-state index is 13.9. The molecule has 0 radical (unpaired) electrons. The number of rotatable bonds is 5. The van der Waals surface area contributed by atoms with Crippen molar-refractivity contribution in [1.29, 1.82) is 0 Å². The van der Waals surface area contributed by atoms with Crippen molar-refractivity contribution in [2.45, 2.75) is 38.8 Å². The van der Waals surface area contributed by atoms with E-state index in [9.17, 15) is 4.79 Å². The number of aryl methyl sites for hydroxylation is 3. The van der Waals surface area contributed by atoms with Crippen LogP contribution in [0.2, 0.25) is 0 Å². The van der Waals surface area contributed by atoms with Crippen molar-refractivity contribution in [3.8, 4) is 5.75 Å². The topological polar surface area (TPSA) is 53.8 Å². The highest BCUT2D eigenvalue weighted by molar-refractivity contribution is 5.86. The Bertz CT molecular complexity index is 901. The Kier molecular flexibility index (Phi) is 6.34. The Morgan fingerprint density at radius 2 is 1.77 bits per heavy atom. The number of hydrogen-bond donors (Lipinski definition) is 0. The molecule has 2 fully saturated rings. The summed E-state index contributed by atoms with van der Waals surface area (Å²) in [5, 5.41) is 4.48. The molecule has 3 heterocycles. The van der Waals surface area contributed by atoms with Gasteiger partial charge in [0.15, 0.2) is 5.60 Å². The monoisotopic (exact) mass is 425 g/mol. The second kappa shape index (κ2) is 9.01. The molecule has 0 spiro atoms. The number of amides is 1. The summed E-state index contributed by atoms with van der Waals surface area (Å²) in [7, 11) is 4.09. The lowest BCUT2D eigenvalue weighted by Crippen LogP contribution is -2.63. The van der Waals surface area contributed by atoms with Crippen LogP contribution in [0.3, 0.4) is 0 Å². The molecule has 0 aliphatic carbocycles. The van der Waals surface area contributed by atoms with E-state index in [0.717, 1.165) is 69.2 Å². The first-order valence-electron chi connectivity index (χ1n) is 11.3. The highest BCUT2D eigenvalue weighted by Gasteiger charge is 2.47. The second-order valence-electron chi connectivity index (χ2n) is 9.22. The summed E-state index contributed by atoms with van der Waals surface area (Å²) in [6.45, 7) is 9.73.